The number of nitrogens with zero attached hydrogens (tertiary/aromatic N) is 1. The van der Waals surface area contributed by atoms with E-state index in [9.17, 15) is 9.18 Å². The first-order chi connectivity index (χ1) is 14.6. The molecule has 1 aromatic rings. The molecule has 0 spiro atoms. The van der Waals surface area contributed by atoms with Gasteiger partial charge in [0.15, 0.2) is 5.83 Å². The van der Waals surface area contributed by atoms with E-state index >= 15 is 0 Å². The van der Waals surface area contributed by atoms with Crippen LogP contribution < -0.4 is 4.74 Å². The Balaban J connectivity index is 1.67. The summed E-state index contributed by atoms with van der Waals surface area (Å²) in [6, 6.07) is 9.41. The smallest absolute Gasteiger partial charge is 0.314 e. The van der Waals surface area contributed by atoms with Crippen molar-refractivity contribution in [2.45, 2.75) is 77.6 Å². The van der Waals surface area contributed by atoms with E-state index in [2.05, 4.69) is 19.1 Å². The van der Waals surface area contributed by atoms with Crippen LogP contribution >= 0.6 is 0 Å². The van der Waals surface area contributed by atoms with Crippen molar-refractivity contribution >= 4 is 5.97 Å². The first-order valence-corrected chi connectivity index (χ1v) is 11.4. The minimum Gasteiger partial charge on any atom is -0.426 e. The number of halogens is 1. The molecule has 30 heavy (non-hydrogen) atoms. The first-order valence-electron chi connectivity index (χ1n) is 11.4. The van der Waals surface area contributed by atoms with Gasteiger partial charge in [0.2, 0.25) is 0 Å². The van der Waals surface area contributed by atoms with E-state index in [-0.39, 0.29) is 11.9 Å². The highest BCUT2D eigenvalue weighted by atomic mass is 19.1. The molecular formula is C26H34FNO2. The maximum atomic E-state index is 12.7. The molecule has 0 unspecified atom stereocenters. The molecule has 0 heterocycles. The Morgan fingerprint density at radius 1 is 1.17 bits per heavy atom. The molecule has 1 aliphatic carbocycles. The zero-order valence-corrected chi connectivity index (χ0v) is 18.1. The molecule has 0 atom stereocenters. The fraction of sp³-hybridized carbons (Fsp3) is 0.538. The molecular weight excluding hydrogens is 377 g/mol. The van der Waals surface area contributed by atoms with Crippen LogP contribution in [-0.4, -0.2) is 5.97 Å². The van der Waals surface area contributed by atoms with E-state index in [0.29, 0.717) is 11.7 Å². The van der Waals surface area contributed by atoms with Crippen molar-refractivity contribution in [3.05, 3.63) is 53.9 Å². The van der Waals surface area contributed by atoms with Gasteiger partial charge in [-0.3, -0.25) is 4.79 Å². The van der Waals surface area contributed by atoms with Crippen molar-refractivity contribution in [3.63, 3.8) is 0 Å². The monoisotopic (exact) mass is 411 g/mol. The Morgan fingerprint density at radius 3 is 2.57 bits per heavy atom. The van der Waals surface area contributed by atoms with E-state index in [1.54, 1.807) is 6.08 Å². The number of nitriles is 1. The molecule has 1 fully saturated rings. The van der Waals surface area contributed by atoms with Crippen LogP contribution in [0.3, 0.4) is 0 Å². The van der Waals surface area contributed by atoms with E-state index in [1.807, 2.05) is 18.2 Å². The lowest BCUT2D eigenvalue weighted by Gasteiger charge is -2.26. The molecule has 4 heteroatoms. The number of hydrogen-bond acceptors (Lipinski definition) is 3. The molecule has 0 aliphatic heterocycles. The third kappa shape index (κ3) is 8.95. The second-order valence-electron chi connectivity index (χ2n) is 8.23. The van der Waals surface area contributed by atoms with Crippen molar-refractivity contribution in [3.8, 4) is 11.8 Å². The number of esters is 1. The topological polar surface area (TPSA) is 50.1 Å². The van der Waals surface area contributed by atoms with E-state index < -0.39 is 5.83 Å². The Labute approximate surface area is 180 Å². The number of hydrogen-bond donors (Lipinski definition) is 0. The van der Waals surface area contributed by atoms with Gasteiger partial charge in [-0.1, -0.05) is 50.5 Å². The molecule has 162 valence electrons. The van der Waals surface area contributed by atoms with Gasteiger partial charge in [-0.2, -0.15) is 9.65 Å². The number of allylic oxidation sites excluding steroid dienone is 4. The highest BCUT2D eigenvalue weighted by Crippen LogP contribution is 2.32. The van der Waals surface area contributed by atoms with Crippen molar-refractivity contribution in [1.82, 2.24) is 0 Å². The van der Waals surface area contributed by atoms with Gasteiger partial charge >= 0.3 is 5.97 Å². The standard InChI is InChI=1S/C26H34FNO2/c1-2-3-4-6-9-22-14-18-25(19-15-22)30-26(29)23-16-12-21(13-17-23)10-7-5-8-11-24(27)20-28/h5,8,11,14-15,18-19,21,23H,2-4,6-7,9-10,12-13,16-17H2,1H3. The molecule has 0 bridgehead atoms. The summed E-state index contributed by atoms with van der Waals surface area (Å²) >= 11 is 0. The van der Waals surface area contributed by atoms with E-state index in [4.69, 9.17) is 10.00 Å². The lowest BCUT2D eigenvalue weighted by atomic mass is 9.80. The largest absolute Gasteiger partial charge is 0.426 e. The number of rotatable bonds is 11. The summed E-state index contributed by atoms with van der Waals surface area (Å²) in [5, 5.41) is 8.35. The Morgan fingerprint density at radius 2 is 1.90 bits per heavy atom. The number of ether oxygens (including phenoxy) is 1. The summed E-state index contributed by atoms with van der Waals surface area (Å²) < 4.78 is 18.3. The summed E-state index contributed by atoms with van der Waals surface area (Å²) in [5.74, 6) is 0.337. The Bertz CT molecular complexity index is 737. The van der Waals surface area contributed by atoms with Gasteiger partial charge in [-0.05, 0) is 81.1 Å². The van der Waals surface area contributed by atoms with Gasteiger partial charge in [0.1, 0.15) is 11.8 Å². The van der Waals surface area contributed by atoms with Crippen LogP contribution in [0.4, 0.5) is 4.39 Å². The number of carbonyl (C=O) groups is 1. The average Bonchev–Trinajstić information content (AvgIpc) is 2.77. The lowest BCUT2D eigenvalue weighted by molar-refractivity contribution is -0.140. The number of carbonyl (C=O) groups excluding carboxylic acids is 1. The number of aryl methyl sites for hydroxylation is 1. The molecule has 1 aromatic carbocycles. The first kappa shape index (κ1) is 23.9. The second-order valence-corrected chi connectivity index (χ2v) is 8.23. The van der Waals surface area contributed by atoms with Gasteiger partial charge in [-0.25, -0.2) is 0 Å². The van der Waals surface area contributed by atoms with Gasteiger partial charge in [0.25, 0.3) is 0 Å². The average molecular weight is 412 g/mol. The summed E-state index contributed by atoms with van der Waals surface area (Å²) in [4.78, 5) is 12.5. The predicted molar refractivity (Wildman–Crippen MR) is 119 cm³/mol. The summed E-state index contributed by atoms with van der Waals surface area (Å²) in [6.45, 7) is 2.22. The van der Waals surface area contributed by atoms with Gasteiger partial charge in [0.05, 0.1) is 5.92 Å². The van der Waals surface area contributed by atoms with Gasteiger partial charge in [0, 0.05) is 0 Å². The van der Waals surface area contributed by atoms with Crippen molar-refractivity contribution in [2.24, 2.45) is 11.8 Å². The molecule has 0 N–H and O–H groups in total. The highest BCUT2D eigenvalue weighted by Gasteiger charge is 2.27. The zero-order chi connectivity index (χ0) is 21.6. The number of benzene rings is 1. The fourth-order valence-corrected chi connectivity index (χ4v) is 3.98. The zero-order valence-electron chi connectivity index (χ0n) is 18.1. The van der Waals surface area contributed by atoms with Crippen molar-refractivity contribution in [2.75, 3.05) is 0 Å². The molecule has 0 aromatic heterocycles. The normalized spacial score (nSPS) is 19.6. The lowest BCUT2D eigenvalue weighted by Crippen LogP contribution is -2.25. The molecule has 1 aliphatic rings. The molecule has 1 saturated carbocycles. The molecule has 0 saturated heterocycles. The van der Waals surface area contributed by atoms with Crippen molar-refractivity contribution in [1.29, 1.82) is 5.26 Å². The molecule has 0 radical (unpaired) electrons. The maximum Gasteiger partial charge on any atom is 0.314 e. The fourth-order valence-electron chi connectivity index (χ4n) is 3.98. The van der Waals surface area contributed by atoms with Gasteiger partial charge < -0.3 is 4.74 Å². The minimum atomic E-state index is -0.771. The third-order valence-electron chi connectivity index (χ3n) is 5.87. The highest BCUT2D eigenvalue weighted by molar-refractivity contribution is 5.75. The van der Waals surface area contributed by atoms with Gasteiger partial charge in [-0.15, -0.1) is 0 Å². The quantitative estimate of drug-likeness (QED) is 0.127. The van der Waals surface area contributed by atoms with Crippen LogP contribution in [0.1, 0.15) is 76.7 Å². The summed E-state index contributed by atoms with van der Waals surface area (Å²) in [5.41, 5.74) is 1.30. The molecule has 0 amide bonds. The Hall–Kier alpha value is -2.41. The molecule has 2 rings (SSSR count). The van der Waals surface area contributed by atoms with Crippen LogP contribution in [0.25, 0.3) is 0 Å². The van der Waals surface area contributed by atoms with Crippen molar-refractivity contribution < 1.29 is 13.9 Å². The van der Waals surface area contributed by atoms with Crippen LogP contribution in [-0.2, 0) is 11.2 Å². The van der Waals surface area contributed by atoms with E-state index in [1.165, 1.54) is 43.4 Å². The van der Waals surface area contributed by atoms with Crippen LogP contribution in [0.2, 0.25) is 0 Å². The van der Waals surface area contributed by atoms with Crippen LogP contribution in [0.5, 0.6) is 5.75 Å². The second kappa shape index (κ2) is 13.7. The maximum absolute atomic E-state index is 12.7. The molecule has 3 nitrogen and oxygen atoms in total. The number of unbranched alkanes of at least 4 members (excludes halogenated alkanes) is 3. The summed E-state index contributed by atoms with van der Waals surface area (Å²) in [6.07, 6.45) is 16.4. The predicted octanol–water partition coefficient (Wildman–Crippen LogP) is 7.23. The minimum absolute atomic E-state index is 0.0156. The Kier molecular flexibility index (Phi) is 10.9. The van der Waals surface area contributed by atoms with E-state index in [0.717, 1.165) is 44.9 Å². The summed E-state index contributed by atoms with van der Waals surface area (Å²) in [7, 11) is 0. The third-order valence-corrected chi connectivity index (χ3v) is 5.87. The van der Waals surface area contributed by atoms with Crippen LogP contribution in [0.15, 0.2) is 48.3 Å². The van der Waals surface area contributed by atoms with Crippen LogP contribution in [0, 0.1) is 23.2 Å². The SMILES string of the molecule is CCCCCCc1ccc(OC(=O)C2CCC(CCC=CC=C(F)C#N)CC2)cc1.